The van der Waals surface area contributed by atoms with Gasteiger partial charge in [0.15, 0.2) is 0 Å². The molecule has 2 aromatic rings. The first-order valence-electron chi connectivity index (χ1n) is 6.65. The van der Waals surface area contributed by atoms with Crippen molar-refractivity contribution in [1.29, 1.82) is 0 Å². The minimum atomic E-state index is -0.556. The van der Waals surface area contributed by atoms with Crippen LogP contribution in [-0.2, 0) is 11.2 Å². The van der Waals surface area contributed by atoms with Crippen LogP contribution in [0.1, 0.15) is 11.1 Å². The Labute approximate surface area is 131 Å². The second-order valence-electron chi connectivity index (χ2n) is 4.87. The number of nitro groups is 2. The molecule has 118 valence electrons. The van der Waals surface area contributed by atoms with Gasteiger partial charge in [0.25, 0.3) is 11.4 Å². The van der Waals surface area contributed by atoms with E-state index in [0.717, 1.165) is 0 Å². The Morgan fingerprint density at radius 2 is 1.70 bits per heavy atom. The van der Waals surface area contributed by atoms with Crippen LogP contribution in [0.2, 0.25) is 0 Å². The molecule has 0 bridgehead atoms. The number of aryl methyl sites for hydroxylation is 1. The first-order valence-corrected chi connectivity index (χ1v) is 6.65. The lowest BCUT2D eigenvalue weighted by Gasteiger charge is -2.07. The maximum Gasteiger partial charge on any atom is 0.274 e. The number of hydrogen-bond donors (Lipinski definition) is 1. The number of rotatable bonds is 5. The number of nitrogens with zero attached hydrogens (tertiary/aromatic N) is 2. The number of hydrogen-bond acceptors (Lipinski definition) is 5. The number of nitro benzene ring substituents is 2. The monoisotopic (exact) mass is 315 g/mol. The lowest BCUT2D eigenvalue weighted by Crippen LogP contribution is -2.15. The molecule has 0 spiro atoms. The van der Waals surface area contributed by atoms with Crippen LogP contribution in [0.25, 0.3) is 0 Å². The smallest absolute Gasteiger partial charge is 0.274 e. The van der Waals surface area contributed by atoms with Crippen LogP contribution >= 0.6 is 0 Å². The molecule has 0 fully saturated rings. The maximum absolute atomic E-state index is 12.0. The molecule has 8 heteroatoms. The van der Waals surface area contributed by atoms with Gasteiger partial charge in [-0.15, -0.1) is 0 Å². The van der Waals surface area contributed by atoms with Crippen molar-refractivity contribution in [2.75, 3.05) is 5.32 Å². The van der Waals surface area contributed by atoms with E-state index < -0.39 is 15.8 Å². The topological polar surface area (TPSA) is 115 Å². The number of anilines is 1. The molecule has 1 amide bonds. The van der Waals surface area contributed by atoms with Crippen LogP contribution in [0.5, 0.6) is 0 Å². The molecule has 0 aliphatic rings. The Bertz CT molecular complexity index is 788. The van der Waals surface area contributed by atoms with Crippen LogP contribution < -0.4 is 5.32 Å². The Hall–Kier alpha value is -3.29. The van der Waals surface area contributed by atoms with E-state index in [1.807, 2.05) is 0 Å². The van der Waals surface area contributed by atoms with E-state index >= 15 is 0 Å². The first kappa shape index (κ1) is 16.1. The average molecular weight is 315 g/mol. The summed E-state index contributed by atoms with van der Waals surface area (Å²) in [6, 6.07) is 10.3. The highest BCUT2D eigenvalue weighted by molar-refractivity contribution is 5.93. The molecular formula is C15H13N3O5. The Balaban J connectivity index is 2.16. The summed E-state index contributed by atoms with van der Waals surface area (Å²) in [5, 5.41) is 24.3. The third-order valence-corrected chi connectivity index (χ3v) is 3.23. The molecule has 0 aromatic heterocycles. The quantitative estimate of drug-likeness (QED) is 0.672. The van der Waals surface area contributed by atoms with Gasteiger partial charge < -0.3 is 5.32 Å². The van der Waals surface area contributed by atoms with Gasteiger partial charge >= 0.3 is 0 Å². The zero-order valence-electron chi connectivity index (χ0n) is 12.2. The second-order valence-corrected chi connectivity index (χ2v) is 4.87. The Morgan fingerprint density at radius 1 is 1.04 bits per heavy atom. The van der Waals surface area contributed by atoms with E-state index in [9.17, 15) is 25.0 Å². The highest BCUT2D eigenvalue weighted by Gasteiger charge is 2.17. The van der Waals surface area contributed by atoms with Crippen molar-refractivity contribution in [1.82, 2.24) is 0 Å². The Kier molecular flexibility index (Phi) is 4.65. The number of carbonyl (C=O) groups is 1. The molecule has 0 radical (unpaired) electrons. The van der Waals surface area contributed by atoms with E-state index in [-0.39, 0.29) is 29.0 Å². The summed E-state index contributed by atoms with van der Waals surface area (Å²) >= 11 is 0. The standard InChI is InChI=1S/C15H13N3O5/c1-10-6-7-12(9-14(10)18(22)23)16-15(19)8-11-4-2-3-5-13(11)17(20)21/h2-7,9H,8H2,1H3,(H,16,19). The van der Waals surface area contributed by atoms with E-state index in [1.165, 1.54) is 30.3 Å². The fourth-order valence-corrected chi connectivity index (χ4v) is 2.10. The fourth-order valence-electron chi connectivity index (χ4n) is 2.10. The van der Waals surface area contributed by atoms with Crippen LogP contribution in [-0.4, -0.2) is 15.8 Å². The van der Waals surface area contributed by atoms with Gasteiger partial charge in [0.05, 0.1) is 16.3 Å². The van der Waals surface area contributed by atoms with Crippen molar-refractivity contribution in [2.24, 2.45) is 0 Å². The third kappa shape index (κ3) is 3.88. The lowest BCUT2D eigenvalue weighted by atomic mass is 10.1. The maximum atomic E-state index is 12.0. The van der Waals surface area contributed by atoms with Gasteiger partial charge in [0, 0.05) is 28.9 Å². The van der Waals surface area contributed by atoms with Gasteiger partial charge in [0.2, 0.25) is 5.91 Å². The molecule has 1 N–H and O–H groups in total. The summed E-state index contributed by atoms with van der Waals surface area (Å²) in [7, 11) is 0. The van der Waals surface area contributed by atoms with Crippen molar-refractivity contribution >= 4 is 23.0 Å². The summed E-state index contributed by atoms with van der Waals surface area (Å²) in [6.07, 6.45) is -0.196. The molecule has 0 atom stereocenters. The summed E-state index contributed by atoms with van der Waals surface area (Å²) in [5.41, 5.74) is 0.778. The average Bonchev–Trinajstić information content (AvgIpc) is 2.49. The van der Waals surface area contributed by atoms with Gasteiger partial charge in [-0.25, -0.2) is 0 Å². The Morgan fingerprint density at radius 3 is 2.35 bits per heavy atom. The highest BCUT2D eigenvalue weighted by Crippen LogP contribution is 2.23. The van der Waals surface area contributed by atoms with Crippen LogP contribution in [0, 0.1) is 27.2 Å². The van der Waals surface area contributed by atoms with Crippen LogP contribution in [0.3, 0.4) is 0 Å². The third-order valence-electron chi connectivity index (χ3n) is 3.23. The van der Waals surface area contributed by atoms with Crippen molar-refractivity contribution < 1.29 is 14.6 Å². The summed E-state index contributed by atoms with van der Waals surface area (Å²) in [5.74, 6) is -0.488. The first-order chi connectivity index (χ1) is 10.9. The number of para-hydroxylation sites is 1. The lowest BCUT2D eigenvalue weighted by molar-refractivity contribution is -0.385. The molecule has 0 aliphatic carbocycles. The zero-order valence-corrected chi connectivity index (χ0v) is 12.2. The molecule has 8 nitrogen and oxygen atoms in total. The zero-order chi connectivity index (χ0) is 17.0. The van der Waals surface area contributed by atoms with Gasteiger partial charge in [-0.2, -0.15) is 0 Å². The molecule has 0 saturated heterocycles. The molecule has 0 saturated carbocycles. The SMILES string of the molecule is Cc1ccc(NC(=O)Cc2ccccc2[N+](=O)[O-])cc1[N+](=O)[O-]. The van der Waals surface area contributed by atoms with Crippen LogP contribution in [0.15, 0.2) is 42.5 Å². The number of amides is 1. The summed E-state index contributed by atoms with van der Waals surface area (Å²) in [6.45, 7) is 1.59. The second kappa shape index (κ2) is 6.65. The summed E-state index contributed by atoms with van der Waals surface area (Å²) in [4.78, 5) is 32.7. The van der Waals surface area contributed by atoms with Crippen LogP contribution in [0.4, 0.5) is 17.1 Å². The normalized spacial score (nSPS) is 10.1. The summed E-state index contributed by atoms with van der Waals surface area (Å²) < 4.78 is 0. The van der Waals surface area contributed by atoms with E-state index in [2.05, 4.69) is 5.32 Å². The number of nitrogens with one attached hydrogen (secondary N) is 1. The molecule has 0 heterocycles. The highest BCUT2D eigenvalue weighted by atomic mass is 16.6. The molecule has 2 rings (SSSR count). The van der Waals surface area contributed by atoms with Gasteiger partial charge in [-0.1, -0.05) is 24.3 Å². The molecular weight excluding hydrogens is 302 g/mol. The number of benzene rings is 2. The van der Waals surface area contributed by atoms with Gasteiger partial charge in [-0.05, 0) is 13.0 Å². The predicted molar refractivity (Wildman–Crippen MR) is 83.3 cm³/mol. The molecule has 0 aliphatic heterocycles. The predicted octanol–water partition coefficient (Wildman–Crippen LogP) is 2.99. The van der Waals surface area contributed by atoms with E-state index in [0.29, 0.717) is 5.56 Å². The van der Waals surface area contributed by atoms with Crippen molar-refractivity contribution in [3.8, 4) is 0 Å². The molecule has 2 aromatic carbocycles. The van der Waals surface area contributed by atoms with Crippen molar-refractivity contribution in [2.45, 2.75) is 13.3 Å². The van der Waals surface area contributed by atoms with Gasteiger partial charge in [0.1, 0.15) is 0 Å². The van der Waals surface area contributed by atoms with Gasteiger partial charge in [-0.3, -0.25) is 25.0 Å². The largest absolute Gasteiger partial charge is 0.326 e. The minimum Gasteiger partial charge on any atom is -0.326 e. The van der Waals surface area contributed by atoms with E-state index in [4.69, 9.17) is 0 Å². The minimum absolute atomic E-state index is 0.103. The van der Waals surface area contributed by atoms with E-state index in [1.54, 1.807) is 19.1 Å². The molecule has 23 heavy (non-hydrogen) atoms. The fraction of sp³-hybridized carbons (Fsp3) is 0.133. The number of carbonyl (C=O) groups excluding carboxylic acids is 1. The van der Waals surface area contributed by atoms with Crippen molar-refractivity contribution in [3.05, 3.63) is 73.8 Å². The molecule has 0 unspecified atom stereocenters. The van der Waals surface area contributed by atoms with Crippen molar-refractivity contribution in [3.63, 3.8) is 0 Å².